The molecule has 2 saturated carbocycles. The van der Waals surface area contributed by atoms with Crippen LogP contribution in [0.4, 0.5) is 0 Å². The first-order valence-electron chi connectivity index (χ1n) is 9.34. The number of aliphatic carboxylic acids is 2. The number of hydrogen-bond acceptors (Lipinski definition) is 2. The molecule has 0 radical (unpaired) electrons. The summed E-state index contributed by atoms with van der Waals surface area (Å²) in [4.78, 5) is 22.9. The maximum Gasteiger partial charge on any atom is 0.307 e. The van der Waals surface area contributed by atoms with Crippen molar-refractivity contribution < 1.29 is 19.8 Å². The highest BCUT2D eigenvalue weighted by Gasteiger charge is 2.66. The van der Waals surface area contributed by atoms with Gasteiger partial charge in [0.15, 0.2) is 0 Å². The van der Waals surface area contributed by atoms with Gasteiger partial charge >= 0.3 is 11.9 Å². The molecule has 4 nitrogen and oxygen atoms in total. The van der Waals surface area contributed by atoms with Crippen LogP contribution in [0.15, 0.2) is 11.6 Å². The van der Waals surface area contributed by atoms with Crippen molar-refractivity contribution in [3.8, 4) is 0 Å². The fourth-order valence-corrected chi connectivity index (χ4v) is 6.45. The van der Waals surface area contributed by atoms with E-state index in [-0.39, 0.29) is 22.7 Å². The maximum atomic E-state index is 11.8. The van der Waals surface area contributed by atoms with Crippen molar-refractivity contribution in [1.82, 2.24) is 0 Å². The molecule has 2 bridgehead atoms. The number of rotatable bonds is 6. The average Bonchev–Trinajstić information content (AvgIpc) is 2.96. The third kappa shape index (κ3) is 2.41. The van der Waals surface area contributed by atoms with E-state index in [1.807, 2.05) is 0 Å². The number of hydrogen-bond donors (Lipinski definition) is 2. The SMILES string of the molecule is CC1=CCC23CC1C(C)(CCCC(C)C(=O)O)C2CCC3C(=O)O. The molecule has 3 aliphatic carbocycles. The highest BCUT2D eigenvalue weighted by Crippen LogP contribution is 2.72. The van der Waals surface area contributed by atoms with E-state index in [9.17, 15) is 14.7 Å². The van der Waals surface area contributed by atoms with Crippen molar-refractivity contribution in [2.45, 2.75) is 65.7 Å². The van der Waals surface area contributed by atoms with Crippen LogP contribution in [-0.2, 0) is 9.59 Å². The molecule has 6 atom stereocenters. The molecular weight excluding hydrogens is 304 g/mol. The Morgan fingerprint density at radius 2 is 2.04 bits per heavy atom. The molecule has 3 aliphatic rings. The van der Waals surface area contributed by atoms with Crippen LogP contribution in [0.2, 0.25) is 0 Å². The predicted molar refractivity (Wildman–Crippen MR) is 91.5 cm³/mol. The fraction of sp³-hybridized carbons (Fsp3) is 0.800. The van der Waals surface area contributed by atoms with Crippen LogP contribution in [-0.4, -0.2) is 22.2 Å². The van der Waals surface area contributed by atoms with E-state index in [4.69, 9.17) is 5.11 Å². The zero-order chi connectivity index (χ0) is 17.7. The summed E-state index contributed by atoms with van der Waals surface area (Å²) in [6.45, 7) is 6.33. The lowest BCUT2D eigenvalue weighted by molar-refractivity contribution is -0.146. The van der Waals surface area contributed by atoms with Gasteiger partial charge in [0.25, 0.3) is 0 Å². The Bertz CT molecular complexity index is 580. The average molecular weight is 334 g/mol. The normalized spacial score (nSPS) is 41.6. The summed E-state index contributed by atoms with van der Waals surface area (Å²) in [5.41, 5.74) is 1.50. The molecule has 0 saturated heterocycles. The van der Waals surface area contributed by atoms with Gasteiger partial charge in [0, 0.05) is 0 Å². The van der Waals surface area contributed by atoms with E-state index in [1.54, 1.807) is 6.92 Å². The molecule has 2 fully saturated rings. The molecule has 4 heteroatoms. The van der Waals surface area contributed by atoms with Crippen molar-refractivity contribution >= 4 is 11.9 Å². The monoisotopic (exact) mass is 334 g/mol. The van der Waals surface area contributed by atoms with Gasteiger partial charge in [-0.1, -0.05) is 31.9 Å². The van der Waals surface area contributed by atoms with Crippen LogP contribution < -0.4 is 0 Å². The van der Waals surface area contributed by atoms with Crippen LogP contribution in [0.3, 0.4) is 0 Å². The van der Waals surface area contributed by atoms with E-state index in [1.165, 1.54) is 5.57 Å². The van der Waals surface area contributed by atoms with Crippen molar-refractivity contribution in [3.63, 3.8) is 0 Å². The van der Waals surface area contributed by atoms with Crippen LogP contribution >= 0.6 is 0 Å². The predicted octanol–water partition coefficient (Wildman–Crippen LogP) is 4.35. The number of allylic oxidation sites excluding steroid dienone is 2. The number of carboxylic acid groups (broad SMARTS) is 2. The summed E-state index contributed by atoms with van der Waals surface area (Å²) >= 11 is 0. The van der Waals surface area contributed by atoms with Gasteiger partial charge in [0.05, 0.1) is 11.8 Å². The van der Waals surface area contributed by atoms with Crippen molar-refractivity contribution in [2.75, 3.05) is 0 Å². The van der Waals surface area contributed by atoms with E-state index < -0.39 is 11.9 Å². The van der Waals surface area contributed by atoms with Crippen LogP contribution in [0.5, 0.6) is 0 Å². The molecule has 24 heavy (non-hydrogen) atoms. The third-order valence-electron chi connectivity index (χ3n) is 7.73. The molecule has 0 amide bonds. The topological polar surface area (TPSA) is 74.6 Å². The van der Waals surface area contributed by atoms with Gasteiger partial charge in [-0.2, -0.15) is 0 Å². The standard InChI is InChI=1S/C20H30O4/c1-12-8-10-20-11-15(12)19(3,9-4-5-13(2)17(21)22)16(20)7-6-14(20)18(23)24/h8,13-16H,4-7,9-11H2,1-3H3,(H,21,22)(H,23,24). The van der Waals surface area contributed by atoms with Gasteiger partial charge in [0.1, 0.15) is 0 Å². The Hall–Kier alpha value is -1.32. The van der Waals surface area contributed by atoms with E-state index >= 15 is 0 Å². The lowest BCUT2D eigenvalue weighted by atomic mass is 9.65. The van der Waals surface area contributed by atoms with Gasteiger partial charge in [-0.25, -0.2) is 0 Å². The second kappa shape index (κ2) is 5.89. The van der Waals surface area contributed by atoms with E-state index in [0.717, 1.165) is 38.5 Å². The molecule has 134 valence electrons. The van der Waals surface area contributed by atoms with Gasteiger partial charge in [-0.3, -0.25) is 9.59 Å². The molecule has 1 spiro atoms. The summed E-state index contributed by atoms with van der Waals surface area (Å²) in [6, 6.07) is 0. The zero-order valence-electron chi connectivity index (χ0n) is 15.0. The van der Waals surface area contributed by atoms with Gasteiger partial charge in [-0.05, 0) is 68.1 Å². The molecule has 2 N–H and O–H groups in total. The minimum atomic E-state index is -0.718. The molecule has 0 heterocycles. The van der Waals surface area contributed by atoms with Crippen LogP contribution in [0, 0.1) is 34.5 Å². The summed E-state index contributed by atoms with van der Waals surface area (Å²) < 4.78 is 0. The molecule has 0 aliphatic heterocycles. The summed E-state index contributed by atoms with van der Waals surface area (Å²) in [6.07, 6.45) is 8.69. The smallest absolute Gasteiger partial charge is 0.307 e. The number of carboxylic acids is 2. The molecule has 3 rings (SSSR count). The Labute approximate surface area is 144 Å². The first kappa shape index (κ1) is 17.5. The molecule has 0 aromatic heterocycles. The maximum absolute atomic E-state index is 11.8. The van der Waals surface area contributed by atoms with Gasteiger partial charge in [-0.15, -0.1) is 0 Å². The second-order valence-corrected chi connectivity index (χ2v) is 8.80. The molecular formula is C20H30O4. The minimum Gasteiger partial charge on any atom is -0.481 e. The quantitative estimate of drug-likeness (QED) is 0.708. The van der Waals surface area contributed by atoms with E-state index in [0.29, 0.717) is 18.3 Å². The van der Waals surface area contributed by atoms with E-state index in [2.05, 4.69) is 19.9 Å². The van der Waals surface area contributed by atoms with Crippen LogP contribution in [0.1, 0.15) is 65.7 Å². The summed E-state index contributed by atoms with van der Waals surface area (Å²) in [7, 11) is 0. The fourth-order valence-electron chi connectivity index (χ4n) is 6.45. The molecule has 0 aromatic carbocycles. The minimum absolute atomic E-state index is 0.0524. The lowest BCUT2D eigenvalue weighted by Crippen LogP contribution is -2.36. The number of carbonyl (C=O) groups is 2. The van der Waals surface area contributed by atoms with Crippen molar-refractivity contribution in [2.24, 2.45) is 34.5 Å². The zero-order valence-corrected chi connectivity index (χ0v) is 15.0. The lowest BCUT2D eigenvalue weighted by Gasteiger charge is -2.38. The van der Waals surface area contributed by atoms with Gasteiger partial charge in [0.2, 0.25) is 0 Å². The largest absolute Gasteiger partial charge is 0.481 e. The van der Waals surface area contributed by atoms with Crippen LogP contribution in [0.25, 0.3) is 0 Å². The van der Waals surface area contributed by atoms with Crippen molar-refractivity contribution in [1.29, 1.82) is 0 Å². The summed E-state index contributed by atoms with van der Waals surface area (Å²) in [5.74, 6) is -0.898. The Kier molecular flexibility index (Phi) is 4.29. The highest BCUT2D eigenvalue weighted by atomic mass is 16.4. The van der Waals surface area contributed by atoms with Crippen molar-refractivity contribution in [3.05, 3.63) is 11.6 Å². The Balaban J connectivity index is 1.82. The second-order valence-electron chi connectivity index (χ2n) is 8.80. The van der Waals surface area contributed by atoms with Gasteiger partial charge < -0.3 is 10.2 Å². The Morgan fingerprint density at radius 3 is 2.67 bits per heavy atom. The number of fused-ring (bicyclic) bond motifs is 1. The first-order valence-corrected chi connectivity index (χ1v) is 9.34. The Morgan fingerprint density at radius 1 is 1.33 bits per heavy atom. The third-order valence-corrected chi connectivity index (χ3v) is 7.73. The summed E-state index contributed by atoms with van der Waals surface area (Å²) in [5, 5.41) is 18.8. The molecule has 0 aromatic rings. The highest BCUT2D eigenvalue weighted by molar-refractivity contribution is 5.72. The first-order chi connectivity index (χ1) is 11.2. The molecule has 6 unspecified atom stereocenters.